The molecule has 17 heavy (non-hydrogen) atoms. The maximum atomic E-state index is 11.9. The Kier molecular flexibility index (Phi) is 3.76. The molecule has 88 valence electrons. The first kappa shape index (κ1) is 12.5. The summed E-state index contributed by atoms with van der Waals surface area (Å²) in [4.78, 5) is 11.9. The van der Waals surface area contributed by atoms with Crippen molar-refractivity contribution in [2.24, 2.45) is 0 Å². The smallest absolute Gasteiger partial charge is 0.257 e. The summed E-state index contributed by atoms with van der Waals surface area (Å²) in [5, 5.41) is 12.2. The number of amides is 1. The second-order valence-corrected chi connectivity index (χ2v) is 5.65. The summed E-state index contributed by atoms with van der Waals surface area (Å²) in [6, 6.07) is 4.97. The van der Waals surface area contributed by atoms with E-state index in [9.17, 15) is 4.79 Å². The molecule has 0 saturated heterocycles. The van der Waals surface area contributed by atoms with Crippen molar-refractivity contribution in [3.8, 4) is 0 Å². The van der Waals surface area contributed by atoms with Crippen LogP contribution in [0, 0.1) is 6.92 Å². The number of carbonyl (C=O) groups excluding carboxylic acids is 1. The van der Waals surface area contributed by atoms with Crippen molar-refractivity contribution in [1.82, 2.24) is 10.2 Å². The van der Waals surface area contributed by atoms with Crippen LogP contribution >= 0.6 is 38.9 Å². The van der Waals surface area contributed by atoms with Gasteiger partial charge in [-0.2, -0.15) is 0 Å². The van der Waals surface area contributed by atoms with E-state index in [1.54, 1.807) is 18.2 Å². The number of halogens is 2. The highest BCUT2D eigenvalue weighted by Gasteiger charge is 2.10. The molecule has 0 saturated carbocycles. The lowest BCUT2D eigenvalue weighted by atomic mass is 10.2. The zero-order valence-electron chi connectivity index (χ0n) is 8.70. The van der Waals surface area contributed by atoms with Crippen LogP contribution in [0.5, 0.6) is 0 Å². The van der Waals surface area contributed by atoms with Crippen LogP contribution in [-0.2, 0) is 0 Å². The number of aromatic nitrogens is 2. The summed E-state index contributed by atoms with van der Waals surface area (Å²) >= 11 is 10.4. The summed E-state index contributed by atoms with van der Waals surface area (Å²) in [5.74, 6) is -0.237. The van der Waals surface area contributed by atoms with Gasteiger partial charge in [0.1, 0.15) is 5.01 Å². The topological polar surface area (TPSA) is 54.9 Å². The zero-order valence-corrected chi connectivity index (χ0v) is 11.9. The Labute approximate surface area is 115 Å². The van der Waals surface area contributed by atoms with Gasteiger partial charge in [-0.1, -0.05) is 22.9 Å². The fourth-order valence-corrected chi connectivity index (χ4v) is 2.24. The van der Waals surface area contributed by atoms with Crippen LogP contribution in [0.15, 0.2) is 22.7 Å². The first-order valence-electron chi connectivity index (χ1n) is 4.63. The molecule has 0 unspecified atom stereocenters. The van der Waals surface area contributed by atoms with Crippen LogP contribution in [-0.4, -0.2) is 16.1 Å². The molecule has 7 heteroatoms. The Morgan fingerprint density at radius 3 is 2.82 bits per heavy atom. The maximum Gasteiger partial charge on any atom is 0.257 e. The molecular formula is C10H7BrClN3OS. The molecule has 0 aliphatic carbocycles. The van der Waals surface area contributed by atoms with Crippen molar-refractivity contribution in [2.75, 3.05) is 5.32 Å². The Hall–Kier alpha value is -0.980. The average Bonchev–Trinajstić information content (AvgIpc) is 2.68. The van der Waals surface area contributed by atoms with Crippen molar-refractivity contribution in [3.63, 3.8) is 0 Å². The van der Waals surface area contributed by atoms with Crippen molar-refractivity contribution >= 4 is 49.9 Å². The third-order valence-corrected chi connectivity index (χ3v) is 3.90. The lowest BCUT2D eigenvalue weighted by Gasteiger charge is -2.02. The highest BCUT2D eigenvalue weighted by molar-refractivity contribution is 9.10. The number of nitrogens with zero attached hydrogens (tertiary/aromatic N) is 2. The highest BCUT2D eigenvalue weighted by Crippen LogP contribution is 2.24. The van der Waals surface area contributed by atoms with Gasteiger partial charge in [-0.3, -0.25) is 10.1 Å². The van der Waals surface area contributed by atoms with E-state index in [2.05, 4.69) is 31.4 Å². The molecule has 1 aromatic carbocycles. The monoisotopic (exact) mass is 331 g/mol. The quantitative estimate of drug-likeness (QED) is 0.915. The molecule has 0 radical (unpaired) electrons. The van der Waals surface area contributed by atoms with E-state index in [-0.39, 0.29) is 5.91 Å². The van der Waals surface area contributed by atoms with E-state index < -0.39 is 0 Å². The minimum Gasteiger partial charge on any atom is -0.296 e. The number of anilines is 1. The van der Waals surface area contributed by atoms with Gasteiger partial charge < -0.3 is 0 Å². The van der Waals surface area contributed by atoms with Crippen molar-refractivity contribution in [2.45, 2.75) is 6.92 Å². The Morgan fingerprint density at radius 1 is 1.47 bits per heavy atom. The minimum absolute atomic E-state index is 0.237. The number of benzene rings is 1. The molecule has 4 nitrogen and oxygen atoms in total. The van der Waals surface area contributed by atoms with E-state index in [1.807, 2.05) is 6.92 Å². The maximum absolute atomic E-state index is 11.9. The number of hydrogen-bond donors (Lipinski definition) is 1. The van der Waals surface area contributed by atoms with Gasteiger partial charge in [-0.05, 0) is 41.1 Å². The molecule has 2 rings (SSSR count). The van der Waals surface area contributed by atoms with E-state index >= 15 is 0 Å². The van der Waals surface area contributed by atoms with Gasteiger partial charge in [0.2, 0.25) is 5.13 Å². The number of nitrogens with one attached hydrogen (secondary N) is 1. The van der Waals surface area contributed by atoms with E-state index in [1.165, 1.54) is 11.3 Å². The Morgan fingerprint density at radius 2 is 2.24 bits per heavy atom. The molecule has 0 bridgehead atoms. The molecule has 2 aromatic rings. The molecule has 1 N–H and O–H groups in total. The lowest BCUT2D eigenvalue weighted by Crippen LogP contribution is -2.11. The lowest BCUT2D eigenvalue weighted by molar-refractivity contribution is 0.102. The number of hydrogen-bond acceptors (Lipinski definition) is 4. The van der Waals surface area contributed by atoms with Crippen LogP contribution in [0.25, 0.3) is 0 Å². The molecule has 1 aromatic heterocycles. The van der Waals surface area contributed by atoms with Crippen LogP contribution in [0.2, 0.25) is 5.02 Å². The number of rotatable bonds is 2. The summed E-state index contributed by atoms with van der Waals surface area (Å²) < 4.78 is 0.681. The van der Waals surface area contributed by atoms with E-state index in [0.29, 0.717) is 20.2 Å². The third kappa shape index (κ3) is 3.02. The van der Waals surface area contributed by atoms with Crippen LogP contribution in [0.3, 0.4) is 0 Å². The fourth-order valence-electron chi connectivity index (χ4n) is 1.15. The van der Waals surface area contributed by atoms with Gasteiger partial charge in [-0.25, -0.2) is 0 Å². The predicted octanol–water partition coefficient (Wildman–Crippen LogP) is 3.51. The normalized spacial score (nSPS) is 10.3. The first-order valence-corrected chi connectivity index (χ1v) is 6.61. The summed E-state index contributed by atoms with van der Waals surface area (Å²) in [7, 11) is 0. The fraction of sp³-hybridized carbons (Fsp3) is 0.100. The predicted molar refractivity (Wildman–Crippen MR) is 71.8 cm³/mol. The Balaban J connectivity index is 2.17. The number of carbonyl (C=O) groups is 1. The average molecular weight is 333 g/mol. The van der Waals surface area contributed by atoms with Gasteiger partial charge in [0.05, 0.1) is 5.02 Å². The van der Waals surface area contributed by atoms with Crippen LogP contribution in [0.4, 0.5) is 5.13 Å². The van der Waals surface area contributed by atoms with Gasteiger partial charge >= 0.3 is 0 Å². The van der Waals surface area contributed by atoms with Crippen LogP contribution < -0.4 is 5.32 Å². The van der Waals surface area contributed by atoms with Gasteiger partial charge in [-0.15, -0.1) is 10.2 Å². The molecule has 0 aliphatic rings. The molecule has 0 fully saturated rings. The zero-order chi connectivity index (χ0) is 12.4. The second kappa shape index (κ2) is 5.12. The highest BCUT2D eigenvalue weighted by atomic mass is 79.9. The standard InChI is InChI=1S/C10H7BrClN3OS/c1-5-14-15-10(17-5)13-9(16)6-2-3-8(12)7(11)4-6/h2-4H,1H3,(H,13,15,16). The largest absolute Gasteiger partial charge is 0.296 e. The second-order valence-electron chi connectivity index (χ2n) is 3.21. The summed E-state index contributed by atoms with van der Waals surface area (Å²) in [6.07, 6.45) is 0. The summed E-state index contributed by atoms with van der Waals surface area (Å²) in [5.41, 5.74) is 0.508. The summed E-state index contributed by atoms with van der Waals surface area (Å²) in [6.45, 7) is 1.83. The van der Waals surface area contributed by atoms with Crippen molar-refractivity contribution in [1.29, 1.82) is 0 Å². The van der Waals surface area contributed by atoms with Gasteiger partial charge in [0.15, 0.2) is 0 Å². The molecule has 0 aliphatic heterocycles. The first-order chi connectivity index (χ1) is 8.06. The Bertz CT molecular complexity index is 572. The van der Waals surface area contributed by atoms with Crippen LogP contribution in [0.1, 0.15) is 15.4 Å². The van der Waals surface area contributed by atoms with Crippen molar-refractivity contribution < 1.29 is 4.79 Å². The van der Waals surface area contributed by atoms with Crippen molar-refractivity contribution in [3.05, 3.63) is 38.3 Å². The molecule has 0 atom stereocenters. The minimum atomic E-state index is -0.237. The molecule has 1 heterocycles. The molecular weight excluding hydrogens is 326 g/mol. The van der Waals surface area contributed by atoms with Gasteiger partial charge in [0.25, 0.3) is 5.91 Å². The van der Waals surface area contributed by atoms with Gasteiger partial charge in [0, 0.05) is 10.0 Å². The molecule has 0 spiro atoms. The SMILES string of the molecule is Cc1nnc(NC(=O)c2ccc(Cl)c(Br)c2)s1. The van der Waals surface area contributed by atoms with E-state index in [0.717, 1.165) is 5.01 Å². The third-order valence-electron chi connectivity index (χ3n) is 1.93. The van der Waals surface area contributed by atoms with E-state index in [4.69, 9.17) is 11.6 Å². The number of aryl methyl sites for hydroxylation is 1. The molecule has 1 amide bonds.